The Hall–Kier alpha value is -3.68. The average Bonchev–Trinajstić information content (AvgIpc) is 3.12. The fraction of sp³-hybridized carbons (Fsp3) is 0.227. The van der Waals surface area contributed by atoms with Crippen LogP contribution in [-0.4, -0.2) is 25.8 Å². The molecule has 7 nitrogen and oxygen atoms in total. The van der Waals surface area contributed by atoms with E-state index in [1.165, 1.54) is 33.7 Å². The van der Waals surface area contributed by atoms with Gasteiger partial charge in [0, 0.05) is 12.6 Å². The molecule has 0 aliphatic heterocycles. The summed E-state index contributed by atoms with van der Waals surface area (Å²) in [5.41, 5.74) is 0.749. The summed E-state index contributed by atoms with van der Waals surface area (Å²) < 4.78 is 23.2. The summed E-state index contributed by atoms with van der Waals surface area (Å²) in [5.74, 6) is 0.254. The van der Waals surface area contributed by atoms with Gasteiger partial charge in [-0.2, -0.15) is 0 Å². The third-order valence-electron chi connectivity index (χ3n) is 4.94. The van der Waals surface area contributed by atoms with Gasteiger partial charge in [0.2, 0.25) is 0 Å². The van der Waals surface area contributed by atoms with Gasteiger partial charge in [0.15, 0.2) is 11.2 Å². The molecule has 0 spiro atoms. The molecule has 0 radical (unpaired) electrons. The van der Waals surface area contributed by atoms with E-state index in [9.17, 15) is 14.0 Å². The second kappa shape index (κ2) is 7.62. The molecule has 0 aliphatic rings. The normalized spacial score (nSPS) is 11.4. The number of ether oxygens (including phenoxy) is 1. The van der Waals surface area contributed by atoms with Gasteiger partial charge < -0.3 is 9.30 Å². The van der Waals surface area contributed by atoms with Crippen LogP contribution in [0.25, 0.3) is 16.9 Å². The van der Waals surface area contributed by atoms with Crippen molar-refractivity contribution in [2.75, 3.05) is 7.11 Å². The van der Waals surface area contributed by atoms with E-state index < -0.39 is 17.1 Å². The molecule has 0 bridgehead atoms. The number of rotatable bonds is 5. The molecule has 0 saturated carbocycles. The van der Waals surface area contributed by atoms with Crippen molar-refractivity contribution in [1.82, 2.24) is 18.7 Å². The number of aromatic nitrogens is 4. The number of hydrogen-bond donors (Lipinski definition) is 0. The fourth-order valence-corrected chi connectivity index (χ4v) is 3.50. The van der Waals surface area contributed by atoms with Crippen molar-refractivity contribution in [3.05, 3.63) is 87.1 Å². The first-order chi connectivity index (χ1) is 14.4. The minimum atomic E-state index is -0.553. The Bertz CT molecular complexity index is 1330. The third-order valence-corrected chi connectivity index (χ3v) is 4.94. The molecule has 0 amide bonds. The molecule has 0 atom stereocenters. The molecule has 0 aliphatic carbocycles. The van der Waals surface area contributed by atoms with Gasteiger partial charge in [-0.3, -0.25) is 9.36 Å². The first kappa shape index (κ1) is 19.6. The molecule has 2 aromatic carbocycles. The molecule has 8 heteroatoms. The lowest BCUT2D eigenvalue weighted by molar-refractivity contribution is 0.414. The highest BCUT2D eigenvalue weighted by Gasteiger charge is 2.21. The largest absolute Gasteiger partial charge is 0.497 e. The van der Waals surface area contributed by atoms with Crippen LogP contribution in [0.2, 0.25) is 0 Å². The first-order valence-corrected chi connectivity index (χ1v) is 9.52. The number of nitrogens with zero attached hydrogens (tertiary/aromatic N) is 4. The smallest absolute Gasteiger partial charge is 0.337 e. The molecular formula is C22H21FN4O3. The standard InChI is InChI=1S/C22H21FN4O3/c1-14(2)26-21(28)19-20(27(22(26)29)17-6-4-5-16(23)11-17)24-13-25(19)12-15-7-9-18(30-3)10-8-15/h4-11,13-14H,12H2,1-3H3. The van der Waals surface area contributed by atoms with Gasteiger partial charge >= 0.3 is 5.69 Å². The highest BCUT2D eigenvalue weighted by atomic mass is 19.1. The molecular weight excluding hydrogens is 387 g/mol. The minimum Gasteiger partial charge on any atom is -0.497 e. The van der Waals surface area contributed by atoms with E-state index in [1.807, 2.05) is 24.3 Å². The van der Waals surface area contributed by atoms with Crippen LogP contribution in [0.3, 0.4) is 0 Å². The van der Waals surface area contributed by atoms with Crippen molar-refractivity contribution in [3.8, 4) is 11.4 Å². The quantitative estimate of drug-likeness (QED) is 0.509. The maximum Gasteiger partial charge on any atom is 0.337 e. The molecule has 0 unspecified atom stereocenters. The summed E-state index contributed by atoms with van der Waals surface area (Å²) >= 11 is 0. The zero-order valence-corrected chi connectivity index (χ0v) is 16.9. The summed E-state index contributed by atoms with van der Waals surface area (Å²) in [7, 11) is 1.60. The third kappa shape index (κ3) is 3.30. The minimum absolute atomic E-state index is 0.195. The van der Waals surface area contributed by atoms with E-state index in [-0.39, 0.29) is 17.2 Å². The van der Waals surface area contributed by atoms with Crippen LogP contribution >= 0.6 is 0 Å². The summed E-state index contributed by atoms with van der Waals surface area (Å²) in [6.07, 6.45) is 1.52. The Labute approximate surface area is 171 Å². The van der Waals surface area contributed by atoms with Crippen molar-refractivity contribution in [3.63, 3.8) is 0 Å². The van der Waals surface area contributed by atoms with E-state index in [1.54, 1.807) is 31.6 Å². The fourth-order valence-electron chi connectivity index (χ4n) is 3.50. The maximum atomic E-state index is 13.9. The van der Waals surface area contributed by atoms with E-state index in [4.69, 9.17) is 4.74 Å². The highest BCUT2D eigenvalue weighted by Crippen LogP contribution is 2.17. The SMILES string of the molecule is COc1ccc(Cn2cnc3c2c(=O)n(C(C)C)c(=O)n3-c2cccc(F)c2)cc1. The van der Waals surface area contributed by atoms with Crippen LogP contribution in [0.4, 0.5) is 4.39 Å². The Morgan fingerprint density at radius 2 is 1.83 bits per heavy atom. The Kier molecular flexibility index (Phi) is 4.99. The van der Waals surface area contributed by atoms with E-state index in [0.29, 0.717) is 12.2 Å². The highest BCUT2D eigenvalue weighted by molar-refractivity contribution is 5.72. The van der Waals surface area contributed by atoms with Gasteiger partial charge in [-0.15, -0.1) is 0 Å². The van der Waals surface area contributed by atoms with Gasteiger partial charge in [-0.25, -0.2) is 18.7 Å². The second-order valence-corrected chi connectivity index (χ2v) is 7.26. The van der Waals surface area contributed by atoms with Gasteiger partial charge in [0.1, 0.15) is 11.6 Å². The molecule has 0 fully saturated rings. The van der Waals surface area contributed by atoms with Crippen LogP contribution in [0.1, 0.15) is 25.5 Å². The zero-order valence-electron chi connectivity index (χ0n) is 16.9. The molecule has 30 heavy (non-hydrogen) atoms. The molecule has 2 aromatic heterocycles. The van der Waals surface area contributed by atoms with Crippen LogP contribution in [0.5, 0.6) is 5.75 Å². The van der Waals surface area contributed by atoms with E-state index in [0.717, 1.165) is 11.3 Å². The van der Waals surface area contributed by atoms with Crippen LogP contribution in [0.15, 0.2) is 64.4 Å². The number of benzene rings is 2. The molecule has 2 heterocycles. The number of methoxy groups -OCH3 is 1. The summed E-state index contributed by atoms with van der Waals surface area (Å²) in [6.45, 7) is 3.90. The predicted octanol–water partition coefficient (Wildman–Crippen LogP) is 3.13. The second-order valence-electron chi connectivity index (χ2n) is 7.26. The van der Waals surface area contributed by atoms with Crippen molar-refractivity contribution in [2.24, 2.45) is 0 Å². The molecule has 4 aromatic rings. The van der Waals surface area contributed by atoms with Crippen LogP contribution in [0, 0.1) is 5.82 Å². The zero-order chi connectivity index (χ0) is 21.4. The maximum absolute atomic E-state index is 13.9. The van der Waals surface area contributed by atoms with Crippen molar-refractivity contribution < 1.29 is 9.13 Å². The van der Waals surface area contributed by atoms with Crippen molar-refractivity contribution in [2.45, 2.75) is 26.4 Å². The monoisotopic (exact) mass is 408 g/mol. The number of halogens is 1. The Balaban J connectivity index is 1.97. The molecule has 0 saturated heterocycles. The lowest BCUT2D eigenvalue weighted by atomic mass is 10.2. The van der Waals surface area contributed by atoms with Crippen LogP contribution in [-0.2, 0) is 6.54 Å². The van der Waals surface area contributed by atoms with Crippen molar-refractivity contribution >= 4 is 11.2 Å². The number of fused-ring (bicyclic) bond motifs is 1. The lowest BCUT2D eigenvalue weighted by Crippen LogP contribution is -2.41. The van der Waals surface area contributed by atoms with E-state index in [2.05, 4.69) is 4.98 Å². The Morgan fingerprint density at radius 1 is 1.10 bits per heavy atom. The molecule has 4 rings (SSSR count). The molecule has 0 N–H and O–H groups in total. The first-order valence-electron chi connectivity index (χ1n) is 9.52. The predicted molar refractivity (Wildman–Crippen MR) is 112 cm³/mol. The summed E-state index contributed by atoms with van der Waals surface area (Å²) in [6, 6.07) is 12.8. The summed E-state index contributed by atoms with van der Waals surface area (Å²) in [4.78, 5) is 30.7. The number of imidazole rings is 1. The van der Waals surface area contributed by atoms with Crippen LogP contribution < -0.4 is 16.0 Å². The Morgan fingerprint density at radius 3 is 2.47 bits per heavy atom. The topological polar surface area (TPSA) is 71.1 Å². The van der Waals surface area contributed by atoms with Crippen molar-refractivity contribution in [1.29, 1.82) is 0 Å². The summed E-state index contributed by atoms with van der Waals surface area (Å²) in [5, 5.41) is 0. The van der Waals surface area contributed by atoms with Gasteiger partial charge in [-0.05, 0) is 49.7 Å². The van der Waals surface area contributed by atoms with E-state index >= 15 is 0 Å². The van der Waals surface area contributed by atoms with Gasteiger partial charge in [-0.1, -0.05) is 18.2 Å². The number of hydrogen-bond acceptors (Lipinski definition) is 4. The molecule has 154 valence electrons. The lowest BCUT2D eigenvalue weighted by Gasteiger charge is -2.15. The van der Waals surface area contributed by atoms with Gasteiger partial charge in [0.05, 0.1) is 19.1 Å². The van der Waals surface area contributed by atoms with Gasteiger partial charge in [0.25, 0.3) is 5.56 Å². The average molecular weight is 408 g/mol.